The number of benzene rings is 1. The smallest absolute Gasteiger partial charge is 0.235 e. The molecule has 0 atom stereocenters. The van der Waals surface area contributed by atoms with Gasteiger partial charge in [-0.3, -0.25) is 4.72 Å². The fourth-order valence-electron chi connectivity index (χ4n) is 1.24. The Morgan fingerprint density at radius 2 is 2.12 bits per heavy atom. The van der Waals surface area contributed by atoms with Gasteiger partial charge in [-0.2, -0.15) is 0 Å². The molecule has 0 saturated carbocycles. The van der Waals surface area contributed by atoms with Crippen molar-refractivity contribution in [2.75, 3.05) is 24.2 Å². The zero-order chi connectivity index (χ0) is 12.2. The summed E-state index contributed by atoms with van der Waals surface area (Å²) < 4.78 is 30.3. The molecule has 0 radical (unpaired) electrons. The van der Waals surface area contributed by atoms with Gasteiger partial charge in [-0.05, 0) is 24.6 Å². The molecule has 1 aromatic carbocycles. The topological polar surface area (TPSA) is 75.6 Å². The highest BCUT2D eigenvalue weighted by Gasteiger charge is 2.12. The molecule has 0 aliphatic rings. The number of anilines is 1. The van der Waals surface area contributed by atoms with Gasteiger partial charge in [-0.25, -0.2) is 8.42 Å². The van der Waals surface area contributed by atoms with Crippen LogP contribution in [0.5, 0.6) is 5.75 Å². The highest BCUT2D eigenvalue weighted by atomic mass is 32.2. The summed E-state index contributed by atoms with van der Waals surface area (Å²) in [4.78, 5) is 0. The molecule has 0 fully saturated rings. The van der Waals surface area contributed by atoms with Crippen LogP contribution in [-0.2, 0) is 10.0 Å². The Bertz CT molecular complexity index is 456. The van der Waals surface area contributed by atoms with Crippen LogP contribution in [0, 0.1) is 6.92 Å². The second-order valence-corrected chi connectivity index (χ2v) is 5.19. The predicted molar refractivity (Wildman–Crippen MR) is 62.2 cm³/mol. The molecule has 0 amide bonds. The number of aryl methyl sites for hydroxylation is 1. The van der Waals surface area contributed by atoms with Gasteiger partial charge in [0.15, 0.2) is 0 Å². The minimum Gasteiger partial charge on any atom is -0.495 e. The van der Waals surface area contributed by atoms with Crippen molar-refractivity contribution in [2.24, 2.45) is 0 Å². The van der Waals surface area contributed by atoms with Gasteiger partial charge in [0.2, 0.25) is 10.0 Å². The molecule has 1 rings (SSSR count). The molecule has 0 aliphatic heterocycles. The quantitative estimate of drug-likeness (QED) is 0.802. The molecule has 90 valence electrons. The summed E-state index contributed by atoms with van der Waals surface area (Å²) in [5, 5.41) is 8.61. The summed E-state index contributed by atoms with van der Waals surface area (Å²) in [6.45, 7) is 1.44. The third kappa shape index (κ3) is 3.39. The second-order valence-electron chi connectivity index (χ2n) is 3.35. The van der Waals surface area contributed by atoms with Crippen molar-refractivity contribution in [3.8, 4) is 5.75 Å². The van der Waals surface area contributed by atoms with Crippen molar-refractivity contribution in [3.63, 3.8) is 0 Å². The number of sulfonamides is 1. The van der Waals surface area contributed by atoms with E-state index in [-0.39, 0.29) is 5.75 Å². The molecule has 16 heavy (non-hydrogen) atoms. The van der Waals surface area contributed by atoms with Gasteiger partial charge in [0, 0.05) is 0 Å². The van der Waals surface area contributed by atoms with Gasteiger partial charge in [-0.15, -0.1) is 0 Å². The maximum Gasteiger partial charge on any atom is 0.235 e. The Hall–Kier alpha value is -1.27. The SMILES string of the molecule is COc1ccc(C)cc1NS(=O)(=O)CCO. The predicted octanol–water partition coefficient (Wildman–Crippen LogP) is 0.738. The Labute approximate surface area is 95.1 Å². The van der Waals surface area contributed by atoms with Crippen LogP contribution in [0.15, 0.2) is 18.2 Å². The summed E-state index contributed by atoms with van der Waals surface area (Å²) in [7, 11) is -2.05. The lowest BCUT2D eigenvalue weighted by atomic mass is 10.2. The van der Waals surface area contributed by atoms with E-state index in [1.165, 1.54) is 7.11 Å². The highest BCUT2D eigenvalue weighted by Crippen LogP contribution is 2.26. The Balaban J connectivity index is 3.00. The number of methoxy groups -OCH3 is 1. The summed E-state index contributed by atoms with van der Waals surface area (Å²) in [5.41, 5.74) is 1.30. The number of nitrogens with one attached hydrogen (secondary N) is 1. The molecule has 0 spiro atoms. The number of hydrogen-bond acceptors (Lipinski definition) is 4. The number of aliphatic hydroxyl groups is 1. The van der Waals surface area contributed by atoms with Crippen LogP contribution in [0.4, 0.5) is 5.69 Å². The van der Waals surface area contributed by atoms with Gasteiger partial charge in [0.1, 0.15) is 5.75 Å². The van der Waals surface area contributed by atoms with E-state index in [1.807, 2.05) is 13.0 Å². The molecule has 2 N–H and O–H groups in total. The number of rotatable bonds is 5. The van der Waals surface area contributed by atoms with Crippen LogP contribution in [-0.4, -0.2) is 33.0 Å². The first kappa shape index (κ1) is 12.8. The summed E-state index contributed by atoms with van der Waals surface area (Å²) in [6, 6.07) is 5.18. The Kier molecular flexibility index (Phi) is 4.14. The van der Waals surface area contributed by atoms with Gasteiger partial charge in [0.25, 0.3) is 0 Å². The van der Waals surface area contributed by atoms with E-state index in [0.29, 0.717) is 11.4 Å². The summed E-state index contributed by atoms with van der Waals surface area (Å²) in [6.07, 6.45) is 0. The van der Waals surface area contributed by atoms with E-state index in [2.05, 4.69) is 4.72 Å². The largest absolute Gasteiger partial charge is 0.495 e. The average molecular weight is 245 g/mol. The third-order valence-electron chi connectivity index (χ3n) is 1.98. The third-order valence-corrected chi connectivity index (χ3v) is 3.23. The first-order chi connectivity index (χ1) is 7.48. The minimum atomic E-state index is -3.51. The van der Waals surface area contributed by atoms with Crippen LogP contribution >= 0.6 is 0 Å². The zero-order valence-electron chi connectivity index (χ0n) is 9.23. The summed E-state index contributed by atoms with van der Waals surface area (Å²) in [5.74, 6) is 0.122. The van der Waals surface area contributed by atoms with Crippen molar-refractivity contribution in [2.45, 2.75) is 6.92 Å². The van der Waals surface area contributed by atoms with Gasteiger partial charge >= 0.3 is 0 Å². The van der Waals surface area contributed by atoms with E-state index in [1.54, 1.807) is 12.1 Å². The Morgan fingerprint density at radius 3 is 2.69 bits per heavy atom. The lowest BCUT2D eigenvalue weighted by Gasteiger charge is -2.11. The van der Waals surface area contributed by atoms with E-state index in [4.69, 9.17) is 9.84 Å². The second kappa shape index (κ2) is 5.18. The van der Waals surface area contributed by atoms with Crippen molar-refractivity contribution >= 4 is 15.7 Å². The van der Waals surface area contributed by atoms with E-state index < -0.39 is 16.6 Å². The zero-order valence-corrected chi connectivity index (χ0v) is 10.0. The molecule has 0 aliphatic carbocycles. The molecule has 1 aromatic rings. The maximum atomic E-state index is 11.5. The Morgan fingerprint density at radius 1 is 1.44 bits per heavy atom. The van der Waals surface area contributed by atoms with Gasteiger partial charge < -0.3 is 9.84 Å². The maximum absolute atomic E-state index is 11.5. The fraction of sp³-hybridized carbons (Fsp3) is 0.400. The fourth-order valence-corrected chi connectivity index (χ4v) is 2.08. The molecule has 0 heterocycles. The van der Waals surface area contributed by atoms with E-state index >= 15 is 0 Å². The van der Waals surface area contributed by atoms with Gasteiger partial charge in [0.05, 0.1) is 25.2 Å². The average Bonchev–Trinajstić information content (AvgIpc) is 2.17. The van der Waals surface area contributed by atoms with Crippen molar-refractivity contribution in [1.29, 1.82) is 0 Å². The molecular weight excluding hydrogens is 230 g/mol. The standard InChI is InChI=1S/C10H15NO4S/c1-8-3-4-10(15-2)9(7-8)11-16(13,14)6-5-12/h3-4,7,11-12H,5-6H2,1-2H3. The molecular formula is C10H15NO4S. The summed E-state index contributed by atoms with van der Waals surface area (Å²) >= 11 is 0. The van der Waals surface area contributed by atoms with Crippen LogP contribution in [0.3, 0.4) is 0 Å². The van der Waals surface area contributed by atoms with E-state index in [9.17, 15) is 8.42 Å². The van der Waals surface area contributed by atoms with Crippen LogP contribution in [0.1, 0.15) is 5.56 Å². The van der Waals surface area contributed by atoms with Crippen molar-refractivity contribution < 1.29 is 18.3 Å². The number of aliphatic hydroxyl groups excluding tert-OH is 1. The molecule has 0 aromatic heterocycles. The lowest BCUT2D eigenvalue weighted by Crippen LogP contribution is -2.19. The number of hydrogen-bond donors (Lipinski definition) is 2. The molecule has 0 saturated heterocycles. The molecule has 5 nitrogen and oxygen atoms in total. The monoisotopic (exact) mass is 245 g/mol. The van der Waals surface area contributed by atoms with Crippen molar-refractivity contribution in [1.82, 2.24) is 0 Å². The highest BCUT2D eigenvalue weighted by molar-refractivity contribution is 7.92. The molecule has 0 unspecified atom stereocenters. The normalized spacial score (nSPS) is 11.2. The molecule has 6 heteroatoms. The number of ether oxygens (including phenoxy) is 1. The van der Waals surface area contributed by atoms with Gasteiger partial charge in [-0.1, -0.05) is 6.07 Å². The van der Waals surface area contributed by atoms with Crippen LogP contribution in [0.2, 0.25) is 0 Å². The van der Waals surface area contributed by atoms with E-state index in [0.717, 1.165) is 5.56 Å². The van der Waals surface area contributed by atoms with Crippen LogP contribution < -0.4 is 9.46 Å². The van der Waals surface area contributed by atoms with Crippen LogP contribution in [0.25, 0.3) is 0 Å². The first-order valence-electron chi connectivity index (χ1n) is 4.74. The lowest BCUT2D eigenvalue weighted by molar-refractivity contribution is 0.320. The molecule has 0 bridgehead atoms. The minimum absolute atomic E-state index is 0.329. The first-order valence-corrected chi connectivity index (χ1v) is 6.40. The van der Waals surface area contributed by atoms with Crippen molar-refractivity contribution in [3.05, 3.63) is 23.8 Å².